The quantitative estimate of drug-likeness (QED) is 0.450. The van der Waals surface area contributed by atoms with E-state index in [0.29, 0.717) is 43.0 Å². The molecule has 160 valence electrons. The minimum atomic E-state index is -1.35. The zero-order valence-electron chi connectivity index (χ0n) is 16.8. The van der Waals surface area contributed by atoms with Gasteiger partial charge in [-0.25, -0.2) is 0 Å². The van der Waals surface area contributed by atoms with Crippen molar-refractivity contribution in [2.75, 3.05) is 26.4 Å². The average molecular weight is 453 g/mol. The minimum absolute atomic E-state index is 0. The molecule has 0 aliphatic carbocycles. The molecule has 3 aliphatic heterocycles. The van der Waals surface area contributed by atoms with Crippen molar-refractivity contribution >= 4 is 51.8 Å². The van der Waals surface area contributed by atoms with E-state index in [1.165, 1.54) is 0 Å². The maximum absolute atomic E-state index is 12.9. The molecular formula is C21H24N3NaO5S. The van der Waals surface area contributed by atoms with Crippen LogP contribution in [0.5, 0.6) is 5.75 Å². The molecule has 3 saturated heterocycles. The molecule has 10 heteroatoms. The molecule has 0 saturated carbocycles. The van der Waals surface area contributed by atoms with Crippen LogP contribution in [0.15, 0.2) is 41.7 Å². The van der Waals surface area contributed by atoms with Gasteiger partial charge in [-0.15, -0.1) is 0 Å². The van der Waals surface area contributed by atoms with Crippen molar-refractivity contribution in [1.29, 1.82) is 0 Å². The van der Waals surface area contributed by atoms with Crippen LogP contribution in [0.25, 0.3) is 11.0 Å². The van der Waals surface area contributed by atoms with Gasteiger partial charge < -0.3 is 23.5 Å². The number of para-hydroxylation sites is 2. The molecule has 3 aliphatic rings. The monoisotopic (exact) mass is 453 g/mol. The number of hydrogen-bond donors (Lipinski definition) is 1. The second kappa shape index (κ2) is 8.99. The van der Waals surface area contributed by atoms with Crippen LogP contribution in [0.1, 0.15) is 18.2 Å². The van der Waals surface area contributed by atoms with Crippen molar-refractivity contribution in [2.24, 2.45) is 5.41 Å². The Balaban J connectivity index is 0.00000231. The van der Waals surface area contributed by atoms with E-state index < -0.39 is 17.1 Å². The summed E-state index contributed by atoms with van der Waals surface area (Å²) in [5.41, 5.74) is 2.91. The number of imidazole rings is 1. The number of benzene rings is 1. The number of H-pyrrole nitrogens is 1. The number of pyridine rings is 1. The predicted octanol–water partition coefficient (Wildman–Crippen LogP) is 2.04. The van der Waals surface area contributed by atoms with E-state index in [9.17, 15) is 4.55 Å². The molecule has 5 heterocycles. The molecule has 8 nitrogen and oxygen atoms in total. The van der Waals surface area contributed by atoms with Gasteiger partial charge in [0.05, 0.1) is 42.0 Å². The standard InChI is InChI=1S/C21H23N3O5S.Na.H/c1-14-17(9-30(25)19-23-15-5-3-4-6-16(15)24-19)22-8-7-18(14)26-10-21-11-27-20(2,28-12-21)29-13-21;;/h3-8H,9-13H2,1-2H3,(H,23,24);;. The van der Waals surface area contributed by atoms with Crippen LogP contribution in [-0.4, -0.2) is 81.5 Å². The zero-order chi connectivity index (χ0) is 20.8. The second-order valence-electron chi connectivity index (χ2n) is 7.95. The van der Waals surface area contributed by atoms with E-state index in [-0.39, 0.29) is 40.7 Å². The molecule has 2 bridgehead atoms. The van der Waals surface area contributed by atoms with Crippen LogP contribution in [0.4, 0.5) is 0 Å². The van der Waals surface area contributed by atoms with Crippen molar-refractivity contribution < 1.29 is 23.5 Å². The van der Waals surface area contributed by atoms with E-state index in [1.54, 1.807) is 13.1 Å². The molecule has 6 rings (SSSR count). The summed E-state index contributed by atoms with van der Waals surface area (Å²) in [6, 6.07) is 9.44. The average Bonchev–Trinajstić information content (AvgIpc) is 3.20. The van der Waals surface area contributed by atoms with Gasteiger partial charge in [0.1, 0.15) is 12.4 Å². The molecule has 0 amide bonds. The van der Waals surface area contributed by atoms with E-state index in [0.717, 1.165) is 16.6 Å². The summed E-state index contributed by atoms with van der Waals surface area (Å²) in [4.78, 5) is 12.0. The topological polar surface area (TPSA) is 102 Å². The molecule has 3 aromatic rings. The summed E-state index contributed by atoms with van der Waals surface area (Å²) in [5, 5.41) is 0.446. The van der Waals surface area contributed by atoms with Crippen LogP contribution in [-0.2, 0) is 31.1 Å². The molecule has 1 aromatic carbocycles. The van der Waals surface area contributed by atoms with E-state index in [4.69, 9.17) is 18.9 Å². The summed E-state index contributed by atoms with van der Waals surface area (Å²) < 4.78 is 35.9. The Kier molecular flexibility index (Phi) is 6.67. The Hall–Kier alpha value is -1.17. The Morgan fingerprint density at radius 3 is 2.58 bits per heavy atom. The summed E-state index contributed by atoms with van der Waals surface area (Å²) >= 11 is -1.35. The van der Waals surface area contributed by atoms with Crippen molar-refractivity contribution in [1.82, 2.24) is 15.0 Å². The van der Waals surface area contributed by atoms with Gasteiger partial charge in [0.15, 0.2) is 5.75 Å². The van der Waals surface area contributed by atoms with E-state index >= 15 is 0 Å². The van der Waals surface area contributed by atoms with Crippen molar-refractivity contribution in [3.8, 4) is 5.75 Å². The number of nitrogens with one attached hydrogen (secondary N) is 1. The Labute approximate surface area is 205 Å². The third-order valence-electron chi connectivity index (χ3n) is 5.57. The van der Waals surface area contributed by atoms with Crippen LogP contribution in [0.2, 0.25) is 0 Å². The van der Waals surface area contributed by atoms with Gasteiger partial charge in [0, 0.05) is 29.9 Å². The fourth-order valence-electron chi connectivity index (χ4n) is 3.55. The first-order valence-corrected chi connectivity index (χ1v) is 11.1. The molecule has 1 N–H and O–H groups in total. The van der Waals surface area contributed by atoms with Gasteiger partial charge in [0.25, 0.3) is 5.97 Å². The van der Waals surface area contributed by atoms with Crippen LogP contribution >= 0.6 is 0 Å². The fourth-order valence-corrected chi connectivity index (χ4v) is 4.65. The van der Waals surface area contributed by atoms with Crippen LogP contribution in [0, 0.1) is 12.3 Å². The summed E-state index contributed by atoms with van der Waals surface area (Å²) in [6.07, 6.45) is 1.67. The molecule has 1 unspecified atom stereocenters. The van der Waals surface area contributed by atoms with Crippen LogP contribution in [0.3, 0.4) is 0 Å². The molecule has 3 fully saturated rings. The number of fused-ring (bicyclic) bond motifs is 4. The molecule has 2 aromatic heterocycles. The fraction of sp³-hybridized carbons (Fsp3) is 0.429. The van der Waals surface area contributed by atoms with Gasteiger partial charge in [0.2, 0.25) is 0 Å². The van der Waals surface area contributed by atoms with Gasteiger partial charge >= 0.3 is 34.7 Å². The number of nitrogens with zero attached hydrogens (tertiary/aromatic N) is 2. The van der Waals surface area contributed by atoms with Gasteiger partial charge in [-0.05, 0) is 25.1 Å². The molecule has 1 atom stereocenters. The van der Waals surface area contributed by atoms with E-state index in [2.05, 4.69) is 15.0 Å². The predicted molar refractivity (Wildman–Crippen MR) is 117 cm³/mol. The van der Waals surface area contributed by atoms with Crippen molar-refractivity contribution in [3.05, 3.63) is 47.8 Å². The molecule has 31 heavy (non-hydrogen) atoms. The molecular weight excluding hydrogens is 429 g/mol. The number of rotatable bonds is 6. The SMILES string of the molecule is Cc1c(OCC23COC(C)(OC2)OC3)ccnc1C[S+]([O-])c1nc2ccccc2[nH]1.[NaH]. The Bertz CT molecular complexity index is 1020. The van der Waals surface area contributed by atoms with Crippen LogP contribution < -0.4 is 4.74 Å². The third kappa shape index (κ3) is 4.65. The molecule has 0 spiro atoms. The maximum atomic E-state index is 12.9. The molecule has 0 radical (unpaired) electrons. The number of aromatic amines is 1. The number of aromatic nitrogens is 3. The first kappa shape index (κ1) is 23.0. The van der Waals surface area contributed by atoms with Crippen molar-refractivity contribution in [2.45, 2.75) is 30.7 Å². The summed E-state index contributed by atoms with van der Waals surface area (Å²) in [5.74, 6) is 0.0269. The van der Waals surface area contributed by atoms with E-state index in [1.807, 2.05) is 37.3 Å². The number of ether oxygens (including phenoxy) is 4. The first-order chi connectivity index (χ1) is 14.5. The van der Waals surface area contributed by atoms with Gasteiger partial charge in [-0.3, -0.25) is 9.97 Å². The number of hydrogen-bond acceptors (Lipinski definition) is 7. The second-order valence-corrected chi connectivity index (χ2v) is 9.31. The summed E-state index contributed by atoms with van der Waals surface area (Å²) in [7, 11) is 0. The summed E-state index contributed by atoms with van der Waals surface area (Å²) in [6.45, 7) is 5.68. The van der Waals surface area contributed by atoms with Gasteiger partial charge in [-0.2, -0.15) is 4.98 Å². The Morgan fingerprint density at radius 1 is 1.16 bits per heavy atom. The third-order valence-corrected chi connectivity index (χ3v) is 6.73. The Morgan fingerprint density at radius 2 is 1.87 bits per heavy atom. The zero-order valence-corrected chi connectivity index (χ0v) is 17.7. The van der Waals surface area contributed by atoms with Gasteiger partial charge in [-0.1, -0.05) is 12.1 Å². The van der Waals surface area contributed by atoms with Crippen molar-refractivity contribution in [3.63, 3.8) is 0 Å². The first-order valence-electron chi connectivity index (χ1n) is 9.78. The normalized spacial score (nSPS) is 25.9.